The number of rotatable bonds is 3. The van der Waals surface area contributed by atoms with Crippen molar-refractivity contribution in [1.82, 2.24) is 4.98 Å². The molecule has 0 fully saturated rings. The van der Waals surface area contributed by atoms with Crippen LogP contribution in [0.2, 0.25) is 0 Å². The summed E-state index contributed by atoms with van der Waals surface area (Å²) >= 11 is 3.26. The van der Waals surface area contributed by atoms with Crippen LogP contribution in [0.4, 0.5) is 5.69 Å². The van der Waals surface area contributed by atoms with Crippen LogP contribution in [0.15, 0.2) is 47.1 Å². The third-order valence-corrected chi connectivity index (χ3v) is 3.22. The first-order valence-corrected chi connectivity index (χ1v) is 6.90. The number of halogens is 1. The molecule has 2 aromatic rings. The molecule has 1 N–H and O–H groups in total. The van der Waals surface area contributed by atoms with Gasteiger partial charge in [-0.2, -0.15) is 0 Å². The molecule has 0 aliphatic rings. The molecule has 3 nitrogen and oxygen atoms in total. The van der Waals surface area contributed by atoms with Crippen molar-refractivity contribution in [3.8, 4) is 0 Å². The molecule has 0 aliphatic heterocycles. The Labute approximate surface area is 121 Å². The van der Waals surface area contributed by atoms with Crippen molar-refractivity contribution >= 4 is 27.5 Å². The largest absolute Gasteiger partial charge is 0.320 e. The summed E-state index contributed by atoms with van der Waals surface area (Å²) in [6.07, 6.45) is 0. The zero-order chi connectivity index (χ0) is 13.8. The summed E-state index contributed by atoms with van der Waals surface area (Å²) in [6, 6.07) is 13.1. The minimum atomic E-state index is -0.200. The van der Waals surface area contributed by atoms with E-state index < -0.39 is 0 Å². The van der Waals surface area contributed by atoms with Crippen LogP contribution < -0.4 is 5.32 Å². The van der Waals surface area contributed by atoms with Crippen molar-refractivity contribution in [3.63, 3.8) is 0 Å². The van der Waals surface area contributed by atoms with Crippen LogP contribution in [0.25, 0.3) is 0 Å². The average molecular weight is 319 g/mol. The lowest BCUT2D eigenvalue weighted by molar-refractivity contribution is 0.102. The Morgan fingerprint density at radius 2 is 1.89 bits per heavy atom. The van der Waals surface area contributed by atoms with E-state index >= 15 is 0 Å². The number of para-hydroxylation sites is 1. The van der Waals surface area contributed by atoms with Crippen molar-refractivity contribution in [2.45, 2.75) is 19.8 Å². The Hall–Kier alpha value is -1.68. The van der Waals surface area contributed by atoms with Crippen molar-refractivity contribution in [3.05, 3.63) is 58.3 Å². The van der Waals surface area contributed by atoms with Gasteiger partial charge in [-0.1, -0.05) is 38.1 Å². The van der Waals surface area contributed by atoms with E-state index in [1.54, 1.807) is 18.2 Å². The SMILES string of the molecule is CC(C)c1ccccc1NC(=O)c1cccc(Br)n1. The zero-order valence-electron chi connectivity index (χ0n) is 10.9. The molecule has 2 rings (SSSR count). The monoisotopic (exact) mass is 318 g/mol. The van der Waals surface area contributed by atoms with Gasteiger partial charge in [-0.05, 0) is 45.6 Å². The molecule has 4 heteroatoms. The average Bonchev–Trinajstić information content (AvgIpc) is 2.39. The summed E-state index contributed by atoms with van der Waals surface area (Å²) in [4.78, 5) is 16.3. The Balaban J connectivity index is 2.24. The number of nitrogens with one attached hydrogen (secondary N) is 1. The highest BCUT2D eigenvalue weighted by Gasteiger charge is 2.11. The lowest BCUT2D eigenvalue weighted by atomic mass is 10.0. The third-order valence-electron chi connectivity index (χ3n) is 2.78. The van der Waals surface area contributed by atoms with E-state index in [1.807, 2.05) is 24.3 Å². The molecule has 1 amide bonds. The Kier molecular flexibility index (Phi) is 4.32. The van der Waals surface area contributed by atoms with Gasteiger partial charge in [0.1, 0.15) is 10.3 Å². The predicted octanol–water partition coefficient (Wildman–Crippen LogP) is 4.22. The van der Waals surface area contributed by atoms with Gasteiger partial charge in [0.05, 0.1) is 0 Å². The van der Waals surface area contributed by atoms with Crippen LogP contribution in [0.5, 0.6) is 0 Å². The molecule has 0 radical (unpaired) electrons. The second kappa shape index (κ2) is 5.97. The van der Waals surface area contributed by atoms with Gasteiger partial charge in [0.2, 0.25) is 0 Å². The van der Waals surface area contributed by atoms with Crippen molar-refractivity contribution in [2.24, 2.45) is 0 Å². The van der Waals surface area contributed by atoms with Crippen molar-refractivity contribution in [1.29, 1.82) is 0 Å². The molecular formula is C15H15BrN2O. The minimum absolute atomic E-state index is 0.200. The maximum absolute atomic E-state index is 12.1. The molecule has 0 unspecified atom stereocenters. The van der Waals surface area contributed by atoms with Gasteiger partial charge in [-0.3, -0.25) is 4.79 Å². The van der Waals surface area contributed by atoms with Crippen LogP contribution in [-0.4, -0.2) is 10.9 Å². The number of hydrogen-bond acceptors (Lipinski definition) is 2. The summed E-state index contributed by atoms with van der Waals surface area (Å²) in [5.41, 5.74) is 2.35. The molecule has 1 aromatic heterocycles. The molecule has 0 aliphatic carbocycles. The first-order valence-electron chi connectivity index (χ1n) is 6.11. The number of pyridine rings is 1. The Morgan fingerprint density at radius 1 is 1.16 bits per heavy atom. The standard InChI is InChI=1S/C15H15BrN2O/c1-10(2)11-6-3-4-7-12(11)18-15(19)13-8-5-9-14(16)17-13/h3-10H,1-2H3,(H,18,19). The van der Waals surface area contributed by atoms with Crippen molar-refractivity contribution in [2.75, 3.05) is 5.32 Å². The number of benzene rings is 1. The fourth-order valence-electron chi connectivity index (χ4n) is 1.84. The molecule has 0 saturated carbocycles. The number of amides is 1. The number of anilines is 1. The van der Waals surface area contributed by atoms with E-state index in [4.69, 9.17) is 0 Å². The van der Waals surface area contributed by atoms with Crippen molar-refractivity contribution < 1.29 is 4.79 Å². The first kappa shape index (κ1) is 13.7. The normalized spacial score (nSPS) is 10.5. The van der Waals surface area contributed by atoms with Gasteiger partial charge in [0, 0.05) is 5.69 Å². The minimum Gasteiger partial charge on any atom is -0.320 e. The van der Waals surface area contributed by atoms with E-state index in [9.17, 15) is 4.79 Å². The fraction of sp³-hybridized carbons (Fsp3) is 0.200. The lowest BCUT2D eigenvalue weighted by Gasteiger charge is -2.13. The summed E-state index contributed by atoms with van der Waals surface area (Å²) in [5, 5.41) is 2.91. The summed E-state index contributed by atoms with van der Waals surface area (Å²) < 4.78 is 0.650. The van der Waals surface area contributed by atoms with E-state index in [-0.39, 0.29) is 5.91 Å². The smallest absolute Gasteiger partial charge is 0.274 e. The highest BCUT2D eigenvalue weighted by atomic mass is 79.9. The maximum atomic E-state index is 12.1. The third kappa shape index (κ3) is 3.41. The molecule has 0 bridgehead atoms. The zero-order valence-corrected chi connectivity index (χ0v) is 12.4. The number of nitrogens with zero attached hydrogens (tertiary/aromatic N) is 1. The summed E-state index contributed by atoms with van der Waals surface area (Å²) in [5.74, 6) is 0.154. The first-order chi connectivity index (χ1) is 9.08. The maximum Gasteiger partial charge on any atom is 0.274 e. The molecule has 1 aromatic carbocycles. The van der Waals surface area contributed by atoms with Crippen LogP contribution in [0, 0.1) is 0 Å². The van der Waals surface area contributed by atoms with Gasteiger partial charge in [-0.25, -0.2) is 4.98 Å². The van der Waals surface area contributed by atoms with Crippen LogP contribution in [0.1, 0.15) is 35.8 Å². The predicted molar refractivity (Wildman–Crippen MR) is 80.4 cm³/mol. The van der Waals surface area contributed by atoms with E-state index in [0.29, 0.717) is 16.2 Å². The summed E-state index contributed by atoms with van der Waals surface area (Å²) in [6.45, 7) is 4.20. The second-order valence-corrected chi connectivity index (χ2v) is 5.35. The van der Waals surface area contributed by atoms with Crippen LogP contribution >= 0.6 is 15.9 Å². The topological polar surface area (TPSA) is 42.0 Å². The van der Waals surface area contributed by atoms with Gasteiger partial charge in [0.25, 0.3) is 5.91 Å². The molecule has 0 spiro atoms. The fourth-order valence-corrected chi connectivity index (χ4v) is 2.18. The molecule has 19 heavy (non-hydrogen) atoms. The lowest BCUT2D eigenvalue weighted by Crippen LogP contribution is -2.15. The molecule has 0 atom stereocenters. The molecule has 0 saturated heterocycles. The van der Waals surface area contributed by atoms with Crippen LogP contribution in [-0.2, 0) is 0 Å². The van der Waals surface area contributed by atoms with Gasteiger partial charge in [-0.15, -0.1) is 0 Å². The molecular weight excluding hydrogens is 304 g/mol. The van der Waals surface area contributed by atoms with E-state index in [0.717, 1.165) is 11.3 Å². The van der Waals surface area contributed by atoms with Crippen LogP contribution in [0.3, 0.4) is 0 Å². The molecule has 98 valence electrons. The van der Waals surface area contributed by atoms with E-state index in [1.165, 1.54) is 0 Å². The Morgan fingerprint density at radius 3 is 2.58 bits per heavy atom. The number of aromatic nitrogens is 1. The highest BCUT2D eigenvalue weighted by molar-refractivity contribution is 9.10. The quantitative estimate of drug-likeness (QED) is 0.861. The van der Waals surface area contributed by atoms with Gasteiger partial charge >= 0.3 is 0 Å². The van der Waals surface area contributed by atoms with E-state index in [2.05, 4.69) is 40.1 Å². The number of carbonyl (C=O) groups excluding carboxylic acids is 1. The molecule has 1 heterocycles. The van der Waals surface area contributed by atoms with Gasteiger partial charge < -0.3 is 5.32 Å². The highest BCUT2D eigenvalue weighted by Crippen LogP contribution is 2.24. The Bertz CT molecular complexity index is 596. The number of hydrogen-bond donors (Lipinski definition) is 1. The number of carbonyl (C=O) groups is 1. The second-order valence-electron chi connectivity index (χ2n) is 4.54. The van der Waals surface area contributed by atoms with Gasteiger partial charge in [0.15, 0.2) is 0 Å². The summed E-state index contributed by atoms with van der Waals surface area (Å²) in [7, 11) is 0.